The van der Waals surface area contributed by atoms with Gasteiger partial charge in [-0.2, -0.15) is 0 Å². The molecule has 2 nitrogen and oxygen atoms in total. The van der Waals surface area contributed by atoms with Crippen molar-refractivity contribution in [1.29, 1.82) is 0 Å². The molecule has 5 rings (SSSR count). The van der Waals surface area contributed by atoms with Crippen molar-refractivity contribution in [2.45, 2.75) is 37.6 Å². The molecule has 2 aromatic rings. The molecule has 2 aromatic carbocycles. The lowest BCUT2D eigenvalue weighted by Gasteiger charge is -2.38. The molecule has 0 N–H and O–H groups in total. The standard InChI is InChI=1S/C22H21NO/c24-22(20-12-11-15-6-1-3-8-17(15)20)23-13-5-10-19-18-9-4-2-7-16(18)14-21(19)23/h1-4,6-9,12,19,21H,5,10-11,13-14H2/t19?,21-/m0/s1. The van der Waals surface area contributed by atoms with Crippen LogP contribution in [0.15, 0.2) is 54.6 Å². The van der Waals surface area contributed by atoms with Crippen LogP contribution in [0.25, 0.3) is 5.57 Å². The highest BCUT2D eigenvalue weighted by Gasteiger charge is 2.41. The number of nitrogens with zero attached hydrogens (tertiary/aromatic N) is 1. The molecular formula is C22H21NO. The highest BCUT2D eigenvalue weighted by atomic mass is 16.2. The Kier molecular flexibility index (Phi) is 3.12. The second-order valence-electron chi connectivity index (χ2n) is 7.20. The Bertz CT molecular complexity index is 851. The lowest BCUT2D eigenvalue weighted by atomic mass is 9.88. The third-order valence-corrected chi connectivity index (χ3v) is 5.99. The van der Waals surface area contributed by atoms with E-state index in [9.17, 15) is 4.79 Å². The van der Waals surface area contributed by atoms with Crippen LogP contribution in [0, 0.1) is 0 Å². The van der Waals surface area contributed by atoms with Crippen LogP contribution in [0.2, 0.25) is 0 Å². The molecule has 24 heavy (non-hydrogen) atoms. The maximum Gasteiger partial charge on any atom is 0.254 e. The first-order valence-electron chi connectivity index (χ1n) is 9.00. The summed E-state index contributed by atoms with van der Waals surface area (Å²) in [5.41, 5.74) is 6.25. The predicted molar refractivity (Wildman–Crippen MR) is 95.7 cm³/mol. The van der Waals surface area contributed by atoms with Crippen LogP contribution in [0.4, 0.5) is 0 Å². The summed E-state index contributed by atoms with van der Waals surface area (Å²) in [6.45, 7) is 0.896. The molecule has 0 spiro atoms. The molecule has 120 valence electrons. The van der Waals surface area contributed by atoms with Crippen LogP contribution in [0.3, 0.4) is 0 Å². The van der Waals surface area contributed by atoms with Gasteiger partial charge < -0.3 is 4.90 Å². The van der Waals surface area contributed by atoms with Crippen molar-refractivity contribution in [3.05, 3.63) is 76.9 Å². The topological polar surface area (TPSA) is 20.3 Å². The van der Waals surface area contributed by atoms with E-state index in [1.54, 1.807) is 0 Å². The van der Waals surface area contributed by atoms with Crippen molar-refractivity contribution in [2.75, 3.05) is 6.54 Å². The second kappa shape index (κ2) is 5.34. The highest BCUT2D eigenvalue weighted by molar-refractivity contribution is 6.21. The summed E-state index contributed by atoms with van der Waals surface area (Å²) in [7, 11) is 0. The molecule has 1 fully saturated rings. The lowest BCUT2D eigenvalue weighted by molar-refractivity contribution is -0.128. The largest absolute Gasteiger partial charge is 0.335 e. The van der Waals surface area contributed by atoms with Crippen molar-refractivity contribution in [3.8, 4) is 0 Å². The normalized spacial score (nSPS) is 24.2. The Morgan fingerprint density at radius 1 is 1.00 bits per heavy atom. The van der Waals surface area contributed by atoms with Gasteiger partial charge in [-0.05, 0) is 47.9 Å². The molecule has 0 bridgehead atoms. The molecule has 0 radical (unpaired) electrons. The SMILES string of the molecule is O=C(C1=CCc2ccccc21)N1CCCC2c3ccccc3C[C@@H]21. The summed E-state index contributed by atoms with van der Waals surface area (Å²) in [6.07, 6.45) is 6.34. The maximum atomic E-state index is 13.3. The highest BCUT2D eigenvalue weighted by Crippen LogP contribution is 2.43. The Morgan fingerprint density at radius 3 is 2.71 bits per heavy atom. The number of fused-ring (bicyclic) bond motifs is 4. The molecule has 1 amide bonds. The Hall–Kier alpha value is -2.35. The summed E-state index contributed by atoms with van der Waals surface area (Å²) in [5.74, 6) is 0.763. The van der Waals surface area contributed by atoms with E-state index < -0.39 is 0 Å². The van der Waals surface area contributed by atoms with Crippen molar-refractivity contribution in [1.82, 2.24) is 4.90 Å². The fourth-order valence-electron chi connectivity index (χ4n) is 4.87. The third kappa shape index (κ3) is 1.99. The average Bonchev–Trinajstić information content (AvgIpc) is 3.22. The Balaban J connectivity index is 1.47. The predicted octanol–water partition coefficient (Wildman–Crippen LogP) is 3.96. The van der Waals surface area contributed by atoms with Gasteiger partial charge in [0.2, 0.25) is 0 Å². The van der Waals surface area contributed by atoms with Gasteiger partial charge in [-0.15, -0.1) is 0 Å². The number of carbonyl (C=O) groups excluding carboxylic acids is 1. The van der Waals surface area contributed by atoms with Gasteiger partial charge in [0.05, 0.1) is 0 Å². The molecule has 3 aliphatic rings. The molecule has 1 unspecified atom stereocenters. The smallest absolute Gasteiger partial charge is 0.254 e. The number of amides is 1. The van der Waals surface area contributed by atoms with Crippen LogP contribution in [-0.4, -0.2) is 23.4 Å². The number of hydrogen-bond donors (Lipinski definition) is 0. The van der Waals surface area contributed by atoms with Gasteiger partial charge >= 0.3 is 0 Å². The van der Waals surface area contributed by atoms with Crippen LogP contribution < -0.4 is 0 Å². The quantitative estimate of drug-likeness (QED) is 0.780. The number of rotatable bonds is 1. The number of carbonyl (C=O) groups is 1. The zero-order valence-electron chi connectivity index (χ0n) is 13.7. The van der Waals surface area contributed by atoms with E-state index in [0.29, 0.717) is 12.0 Å². The molecule has 1 saturated heterocycles. The number of hydrogen-bond acceptors (Lipinski definition) is 1. The summed E-state index contributed by atoms with van der Waals surface area (Å²) in [6, 6.07) is 17.4. The van der Waals surface area contributed by atoms with E-state index in [4.69, 9.17) is 0 Å². The summed E-state index contributed by atoms with van der Waals surface area (Å²) < 4.78 is 0. The second-order valence-corrected chi connectivity index (χ2v) is 7.20. The van der Waals surface area contributed by atoms with Crippen molar-refractivity contribution < 1.29 is 4.79 Å². The first kappa shape index (κ1) is 14.0. The van der Waals surface area contributed by atoms with E-state index in [1.807, 2.05) is 6.07 Å². The molecular weight excluding hydrogens is 294 g/mol. The molecule has 0 saturated carbocycles. The zero-order valence-corrected chi connectivity index (χ0v) is 13.7. The fraction of sp³-hybridized carbons (Fsp3) is 0.318. The zero-order chi connectivity index (χ0) is 16.1. The number of benzene rings is 2. The van der Waals surface area contributed by atoms with Gasteiger partial charge in [-0.1, -0.05) is 54.6 Å². The summed E-state index contributed by atoms with van der Waals surface area (Å²) >= 11 is 0. The van der Waals surface area contributed by atoms with Crippen molar-refractivity contribution in [3.63, 3.8) is 0 Å². The first-order chi connectivity index (χ1) is 11.8. The van der Waals surface area contributed by atoms with E-state index in [0.717, 1.165) is 36.9 Å². The maximum absolute atomic E-state index is 13.3. The van der Waals surface area contributed by atoms with Gasteiger partial charge in [-0.3, -0.25) is 4.79 Å². The van der Waals surface area contributed by atoms with Crippen molar-refractivity contribution >= 4 is 11.5 Å². The monoisotopic (exact) mass is 315 g/mol. The molecule has 1 heterocycles. The van der Waals surface area contributed by atoms with E-state index in [2.05, 4.69) is 53.4 Å². The molecule has 1 aliphatic heterocycles. The minimum Gasteiger partial charge on any atom is -0.335 e. The number of piperidine rings is 1. The van der Waals surface area contributed by atoms with E-state index >= 15 is 0 Å². The number of allylic oxidation sites excluding steroid dienone is 1. The average molecular weight is 315 g/mol. The molecule has 2 aliphatic carbocycles. The molecule has 2 heteroatoms. The third-order valence-electron chi connectivity index (χ3n) is 5.99. The van der Waals surface area contributed by atoms with Crippen LogP contribution >= 0.6 is 0 Å². The molecule has 0 aromatic heterocycles. The molecule has 2 atom stereocenters. The van der Waals surface area contributed by atoms with Gasteiger partial charge in [0.1, 0.15) is 0 Å². The van der Waals surface area contributed by atoms with Gasteiger partial charge in [0.25, 0.3) is 5.91 Å². The number of likely N-dealkylation sites (tertiary alicyclic amines) is 1. The van der Waals surface area contributed by atoms with Crippen LogP contribution in [0.1, 0.15) is 41.0 Å². The van der Waals surface area contributed by atoms with Gasteiger partial charge in [-0.25, -0.2) is 0 Å². The van der Waals surface area contributed by atoms with Crippen LogP contribution in [0.5, 0.6) is 0 Å². The Labute approximate surface area is 142 Å². The fourth-order valence-corrected chi connectivity index (χ4v) is 4.87. The Morgan fingerprint density at radius 2 is 1.79 bits per heavy atom. The minimum atomic E-state index is 0.238. The van der Waals surface area contributed by atoms with Crippen molar-refractivity contribution in [2.24, 2.45) is 0 Å². The van der Waals surface area contributed by atoms with E-state index in [1.165, 1.54) is 23.1 Å². The van der Waals surface area contributed by atoms with E-state index in [-0.39, 0.29) is 5.91 Å². The minimum absolute atomic E-state index is 0.238. The van der Waals surface area contributed by atoms with Crippen LogP contribution in [-0.2, 0) is 17.6 Å². The summed E-state index contributed by atoms with van der Waals surface area (Å²) in [5, 5.41) is 0. The lowest BCUT2D eigenvalue weighted by Crippen LogP contribution is -2.46. The first-order valence-corrected chi connectivity index (χ1v) is 9.00. The van der Waals surface area contributed by atoms with Gasteiger partial charge in [0.15, 0.2) is 0 Å². The van der Waals surface area contributed by atoms with Gasteiger partial charge in [0, 0.05) is 24.1 Å². The summed E-state index contributed by atoms with van der Waals surface area (Å²) in [4.78, 5) is 15.5.